The lowest BCUT2D eigenvalue weighted by atomic mass is 9.68. The number of fused-ring (bicyclic) bond motifs is 12. The highest BCUT2D eigenvalue weighted by molar-refractivity contribution is 6.18. The van der Waals surface area contributed by atoms with Gasteiger partial charge < -0.3 is 9.80 Å². The van der Waals surface area contributed by atoms with Gasteiger partial charge in [0.2, 0.25) is 0 Å². The highest BCUT2D eigenvalue weighted by Crippen LogP contribution is 2.53. The molecule has 0 saturated carbocycles. The summed E-state index contributed by atoms with van der Waals surface area (Å²) in [5.41, 5.74) is 11.7. The minimum absolute atomic E-state index is 0.303. The Balaban J connectivity index is 0.909. The predicted molar refractivity (Wildman–Crippen MR) is 313 cm³/mol. The van der Waals surface area contributed by atoms with Crippen LogP contribution in [-0.4, -0.2) is 0 Å². The minimum Gasteiger partial charge on any atom is -0.310 e. The maximum absolute atomic E-state index is 2.47. The average Bonchev–Trinajstić information content (AvgIpc) is 3.44. The van der Waals surface area contributed by atoms with Crippen LogP contribution in [0.4, 0.5) is 34.1 Å². The molecular weight excluding hydrogens is 881 g/mol. The fourth-order valence-electron chi connectivity index (χ4n) is 12.4. The van der Waals surface area contributed by atoms with E-state index in [1.54, 1.807) is 0 Å². The second-order valence-corrected chi connectivity index (χ2v) is 20.5. The van der Waals surface area contributed by atoms with Gasteiger partial charge in [0.05, 0.1) is 0 Å². The SMILES string of the molecule is CC1(C)c2cc(N(c3ccc4ccccc4c3)c3ccc4ccc5ccccc5c4c3)ccc2-c2cc3ccc(N(c4ccc5ccccc5c4)c4ccc5ccc6ccccc6c5c4)cc3c3cccc1c23. The second kappa shape index (κ2) is 15.9. The van der Waals surface area contributed by atoms with Gasteiger partial charge in [-0.15, -0.1) is 0 Å². The summed E-state index contributed by atoms with van der Waals surface area (Å²) < 4.78 is 0. The monoisotopic (exact) mass is 928 g/mol. The first-order valence-electron chi connectivity index (χ1n) is 25.5. The fourth-order valence-corrected chi connectivity index (χ4v) is 12.4. The zero-order valence-electron chi connectivity index (χ0n) is 40.6. The van der Waals surface area contributed by atoms with Gasteiger partial charge in [0, 0.05) is 39.5 Å². The molecule has 1 aliphatic carbocycles. The maximum Gasteiger partial charge on any atom is 0.0468 e. The van der Waals surface area contributed by atoms with Crippen LogP contribution >= 0.6 is 0 Å². The molecule has 0 aliphatic heterocycles. The topological polar surface area (TPSA) is 6.48 Å². The molecule has 0 unspecified atom stereocenters. The lowest BCUT2D eigenvalue weighted by molar-refractivity contribution is 0.645. The van der Waals surface area contributed by atoms with Gasteiger partial charge in [-0.25, -0.2) is 0 Å². The number of rotatable bonds is 6. The summed E-state index contributed by atoms with van der Waals surface area (Å²) in [6.45, 7) is 4.84. The van der Waals surface area contributed by atoms with E-state index in [1.165, 1.54) is 108 Å². The first kappa shape index (κ1) is 41.5. The quantitative estimate of drug-likeness (QED) is 0.153. The Labute approximate surface area is 424 Å². The van der Waals surface area contributed by atoms with Crippen LogP contribution in [0.15, 0.2) is 255 Å². The predicted octanol–water partition coefficient (Wildman–Crippen LogP) is 20.2. The van der Waals surface area contributed by atoms with Crippen molar-refractivity contribution in [2.24, 2.45) is 0 Å². The van der Waals surface area contributed by atoms with Gasteiger partial charge in [-0.1, -0.05) is 190 Å². The van der Waals surface area contributed by atoms with E-state index < -0.39 is 0 Å². The third-order valence-corrected chi connectivity index (χ3v) is 16.1. The average molecular weight is 929 g/mol. The summed E-state index contributed by atoms with van der Waals surface area (Å²) in [5, 5.41) is 20.0. The molecule has 0 fully saturated rings. The molecule has 2 heteroatoms. The molecule has 0 saturated heterocycles. The second-order valence-electron chi connectivity index (χ2n) is 20.5. The molecule has 0 amide bonds. The summed E-state index contributed by atoms with van der Waals surface area (Å²) in [6, 6.07) is 95.2. The van der Waals surface area contributed by atoms with Crippen molar-refractivity contribution in [3.63, 3.8) is 0 Å². The Hall–Kier alpha value is -9.24. The molecule has 1 aliphatic rings. The summed E-state index contributed by atoms with van der Waals surface area (Å²) in [4.78, 5) is 4.91. The van der Waals surface area contributed by atoms with Crippen LogP contribution in [0.3, 0.4) is 0 Å². The molecule has 0 atom stereocenters. The molecule has 15 rings (SSSR count). The van der Waals surface area contributed by atoms with Gasteiger partial charge in [0.25, 0.3) is 0 Å². The third-order valence-electron chi connectivity index (χ3n) is 16.1. The van der Waals surface area contributed by atoms with Crippen molar-refractivity contribution in [3.05, 3.63) is 266 Å². The van der Waals surface area contributed by atoms with Crippen molar-refractivity contribution in [1.29, 1.82) is 0 Å². The number of nitrogens with zero attached hydrogens (tertiary/aromatic N) is 2. The number of benzene rings is 14. The van der Waals surface area contributed by atoms with Crippen LogP contribution in [-0.2, 0) is 5.41 Å². The van der Waals surface area contributed by atoms with E-state index in [0.717, 1.165) is 34.1 Å². The Morgan fingerprint density at radius 1 is 0.233 bits per heavy atom. The van der Waals surface area contributed by atoms with Gasteiger partial charge in [0.15, 0.2) is 0 Å². The Bertz CT molecular complexity index is 4620. The normalized spacial score (nSPS) is 12.9. The van der Waals surface area contributed by atoms with E-state index in [-0.39, 0.29) is 5.41 Å². The van der Waals surface area contributed by atoms with E-state index in [2.05, 4.69) is 278 Å². The van der Waals surface area contributed by atoms with Crippen LogP contribution in [0.5, 0.6) is 0 Å². The first-order chi connectivity index (χ1) is 35.9. The van der Waals surface area contributed by atoms with E-state index in [9.17, 15) is 0 Å². The smallest absolute Gasteiger partial charge is 0.0468 e. The minimum atomic E-state index is -0.303. The van der Waals surface area contributed by atoms with E-state index in [1.807, 2.05) is 0 Å². The number of hydrogen-bond acceptors (Lipinski definition) is 2. The fraction of sp³-hybridized carbons (Fsp3) is 0.0423. The van der Waals surface area contributed by atoms with Gasteiger partial charge in [0.1, 0.15) is 0 Å². The highest BCUT2D eigenvalue weighted by atomic mass is 15.1. The van der Waals surface area contributed by atoms with Crippen molar-refractivity contribution in [3.8, 4) is 11.1 Å². The molecular formula is C71H48N2. The van der Waals surface area contributed by atoms with Crippen LogP contribution in [0.25, 0.3) is 97.3 Å². The highest BCUT2D eigenvalue weighted by Gasteiger charge is 2.35. The number of hydrogen-bond donors (Lipinski definition) is 0. The largest absolute Gasteiger partial charge is 0.310 e. The molecule has 0 heterocycles. The molecule has 0 aromatic heterocycles. The molecule has 14 aromatic rings. The number of anilines is 6. The Kier molecular flexibility index (Phi) is 9.04. The van der Waals surface area contributed by atoms with Crippen LogP contribution in [0.1, 0.15) is 25.0 Å². The van der Waals surface area contributed by atoms with E-state index in [0.29, 0.717) is 0 Å². The van der Waals surface area contributed by atoms with Crippen molar-refractivity contribution in [2.75, 3.05) is 9.80 Å². The summed E-state index contributed by atoms with van der Waals surface area (Å²) in [7, 11) is 0. The molecule has 2 nitrogen and oxygen atoms in total. The Morgan fingerprint density at radius 2 is 0.603 bits per heavy atom. The van der Waals surface area contributed by atoms with Crippen molar-refractivity contribution in [1.82, 2.24) is 0 Å². The van der Waals surface area contributed by atoms with Gasteiger partial charge in [-0.05, 0) is 187 Å². The summed E-state index contributed by atoms with van der Waals surface area (Å²) >= 11 is 0. The molecule has 0 spiro atoms. The van der Waals surface area contributed by atoms with Crippen LogP contribution in [0.2, 0.25) is 0 Å². The first-order valence-corrected chi connectivity index (χ1v) is 25.5. The van der Waals surface area contributed by atoms with Crippen molar-refractivity contribution < 1.29 is 0 Å². The van der Waals surface area contributed by atoms with Crippen molar-refractivity contribution in [2.45, 2.75) is 19.3 Å². The lowest BCUT2D eigenvalue weighted by Gasteiger charge is -2.37. The molecule has 14 aromatic carbocycles. The molecule has 342 valence electrons. The standard InChI is InChI=1S/C71H48N2/c1-71(2)68-21-11-20-63-66-43-58(72(54-31-26-45-12-3-5-16-51(45)38-54)56-33-28-49-24-22-47-14-7-9-18-60(47)64(49)41-56)35-30-53(66)40-67(70(63)68)62-37-36-59(44-69(62)71)73(55-32-27-46-13-4-6-17-52(46)39-55)57-34-29-50-25-23-48-15-8-10-19-61(48)65(50)42-57/h3-44H,1-2H3. The Morgan fingerprint density at radius 3 is 1.14 bits per heavy atom. The maximum atomic E-state index is 2.47. The molecule has 73 heavy (non-hydrogen) atoms. The lowest BCUT2D eigenvalue weighted by Crippen LogP contribution is -2.24. The van der Waals surface area contributed by atoms with E-state index in [4.69, 9.17) is 0 Å². The van der Waals surface area contributed by atoms with Crippen LogP contribution < -0.4 is 9.80 Å². The molecule has 0 radical (unpaired) electrons. The zero-order chi connectivity index (χ0) is 48.4. The third kappa shape index (κ3) is 6.50. The summed E-state index contributed by atoms with van der Waals surface area (Å²) in [6.07, 6.45) is 0. The van der Waals surface area contributed by atoms with E-state index >= 15 is 0 Å². The van der Waals surface area contributed by atoms with Crippen LogP contribution in [0, 0.1) is 0 Å². The van der Waals surface area contributed by atoms with Gasteiger partial charge in [-0.3, -0.25) is 0 Å². The zero-order valence-corrected chi connectivity index (χ0v) is 40.6. The molecule has 0 N–H and O–H groups in total. The van der Waals surface area contributed by atoms with Gasteiger partial charge >= 0.3 is 0 Å². The molecule has 0 bridgehead atoms. The summed E-state index contributed by atoms with van der Waals surface area (Å²) in [5.74, 6) is 0. The van der Waals surface area contributed by atoms with Gasteiger partial charge in [-0.2, -0.15) is 0 Å². The van der Waals surface area contributed by atoms with Crippen molar-refractivity contribution >= 4 is 120 Å².